The quantitative estimate of drug-likeness (QED) is 0.841. The molecule has 1 heterocycles. The van der Waals surface area contributed by atoms with Gasteiger partial charge < -0.3 is 10.2 Å². The van der Waals surface area contributed by atoms with Crippen LogP contribution in [0.1, 0.15) is 38.3 Å². The van der Waals surface area contributed by atoms with Gasteiger partial charge in [-0.15, -0.1) is 0 Å². The van der Waals surface area contributed by atoms with Gasteiger partial charge in [0.1, 0.15) is 0 Å². The van der Waals surface area contributed by atoms with E-state index in [9.17, 15) is 10.2 Å². The fourth-order valence-corrected chi connectivity index (χ4v) is 2.50. The van der Waals surface area contributed by atoms with Crippen molar-refractivity contribution in [1.82, 2.24) is 4.98 Å². The average molecular weight is 235 g/mol. The third-order valence-electron chi connectivity index (χ3n) is 3.89. The van der Waals surface area contributed by atoms with Gasteiger partial charge in [-0.3, -0.25) is 4.98 Å². The van der Waals surface area contributed by atoms with Crippen LogP contribution in [0.3, 0.4) is 0 Å². The Labute approximate surface area is 103 Å². The molecule has 3 nitrogen and oxygen atoms in total. The molecule has 0 bridgehead atoms. The lowest BCUT2D eigenvalue weighted by Gasteiger charge is -2.38. The number of hydrogen-bond donors (Lipinski definition) is 2. The number of pyridine rings is 1. The molecule has 17 heavy (non-hydrogen) atoms. The van der Waals surface area contributed by atoms with E-state index in [4.69, 9.17) is 0 Å². The zero-order valence-corrected chi connectivity index (χ0v) is 10.3. The van der Waals surface area contributed by atoms with Crippen LogP contribution >= 0.6 is 0 Å². The van der Waals surface area contributed by atoms with Gasteiger partial charge in [-0.25, -0.2) is 0 Å². The minimum atomic E-state index is -0.913. The standard InChI is InChI=1S/C14H21NO2/c1-11-5-7-14(17,8-6-11)13(16)10-12-4-2-3-9-15-12/h2-4,9,11,13,16-17H,5-8,10H2,1H3. The Hall–Kier alpha value is -0.930. The maximum atomic E-state index is 10.4. The highest BCUT2D eigenvalue weighted by Gasteiger charge is 2.38. The van der Waals surface area contributed by atoms with Crippen molar-refractivity contribution in [3.8, 4) is 0 Å². The van der Waals surface area contributed by atoms with Crippen LogP contribution in [0.25, 0.3) is 0 Å². The summed E-state index contributed by atoms with van der Waals surface area (Å²) < 4.78 is 0. The summed E-state index contributed by atoms with van der Waals surface area (Å²) in [6, 6.07) is 5.65. The van der Waals surface area contributed by atoms with E-state index < -0.39 is 11.7 Å². The van der Waals surface area contributed by atoms with Crippen molar-refractivity contribution in [1.29, 1.82) is 0 Å². The smallest absolute Gasteiger partial charge is 0.0909 e. The molecule has 0 amide bonds. The Balaban J connectivity index is 1.97. The van der Waals surface area contributed by atoms with E-state index >= 15 is 0 Å². The van der Waals surface area contributed by atoms with E-state index in [1.807, 2.05) is 18.2 Å². The second-order valence-electron chi connectivity index (χ2n) is 5.33. The van der Waals surface area contributed by atoms with Crippen LogP contribution in [0.4, 0.5) is 0 Å². The van der Waals surface area contributed by atoms with Gasteiger partial charge in [-0.05, 0) is 43.7 Å². The topological polar surface area (TPSA) is 53.4 Å². The molecule has 0 saturated heterocycles. The summed E-state index contributed by atoms with van der Waals surface area (Å²) in [6.45, 7) is 2.20. The molecule has 1 aromatic heterocycles. The van der Waals surface area contributed by atoms with Crippen LogP contribution in [-0.2, 0) is 6.42 Å². The van der Waals surface area contributed by atoms with Gasteiger partial charge in [0.2, 0.25) is 0 Å². The van der Waals surface area contributed by atoms with Gasteiger partial charge in [0.25, 0.3) is 0 Å². The normalized spacial score (nSPS) is 31.1. The number of nitrogens with zero attached hydrogens (tertiary/aromatic N) is 1. The van der Waals surface area contributed by atoms with Crippen LogP contribution in [0.5, 0.6) is 0 Å². The first-order chi connectivity index (χ1) is 8.10. The lowest BCUT2D eigenvalue weighted by atomic mass is 9.75. The second-order valence-corrected chi connectivity index (χ2v) is 5.33. The predicted octanol–water partition coefficient (Wildman–Crippen LogP) is 1.93. The highest BCUT2D eigenvalue weighted by molar-refractivity contribution is 5.07. The van der Waals surface area contributed by atoms with Crippen molar-refractivity contribution in [3.05, 3.63) is 30.1 Å². The van der Waals surface area contributed by atoms with Gasteiger partial charge in [-0.1, -0.05) is 13.0 Å². The summed E-state index contributed by atoms with van der Waals surface area (Å²) in [4.78, 5) is 4.19. The predicted molar refractivity (Wildman–Crippen MR) is 66.5 cm³/mol. The van der Waals surface area contributed by atoms with Crippen LogP contribution in [0.15, 0.2) is 24.4 Å². The molecule has 2 N–H and O–H groups in total. The largest absolute Gasteiger partial charge is 0.390 e. The molecule has 1 unspecified atom stereocenters. The first-order valence-electron chi connectivity index (χ1n) is 6.40. The van der Waals surface area contributed by atoms with Gasteiger partial charge in [0, 0.05) is 18.3 Å². The Morgan fingerprint density at radius 2 is 2.12 bits per heavy atom. The van der Waals surface area contributed by atoms with Gasteiger partial charge in [0.15, 0.2) is 0 Å². The molecule has 1 fully saturated rings. The Morgan fingerprint density at radius 3 is 2.71 bits per heavy atom. The number of rotatable bonds is 3. The first kappa shape index (κ1) is 12.5. The van der Waals surface area contributed by atoms with Gasteiger partial charge in [-0.2, -0.15) is 0 Å². The first-order valence-corrected chi connectivity index (χ1v) is 6.40. The number of aliphatic hydroxyl groups is 2. The van der Waals surface area contributed by atoms with Crippen molar-refractivity contribution < 1.29 is 10.2 Å². The summed E-state index contributed by atoms with van der Waals surface area (Å²) in [5.74, 6) is 0.664. The van der Waals surface area contributed by atoms with E-state index in [1.165, 1.54) is 0 Å². The molecule has 1 aliphatic rings. The summed E-state index contributed by atoms with van der Waals surface area (Å²) in [7, 11) is 0. The zero-order valence-electron chi connectivity index (χ0n) is 10.3. The molecule has 1 aliphatic carbocycles. The summed E-state index contributed by atoms with van der Waals surface area (Å²) in [5.41, 5.74) is -0.0728. The van der Waals surface area contributed by atoms with Crippen LogP contribution < -0.4 is 0 Å². The van der Waals surface area contributed by atoms with Crippen molar-refractivity contribution in [2.45, 2.75) is 50.7 Å². The number of aliphatic hydroxyl groups excluding tert-OH is 1. The maximum absolute atomic E-state index is 10.4. The van der Waals surface area contributed by atoms with E-state index in [1.54, 1.807) is 6.20 Å². The minimum absolute atomic E-state index is 0.436. The minimum Gasteiger partial charge on any atom is -0.390 e. The highest BCUT2D eigenvalue weighted by Crippen LogP contribution is 2.34. The van der Waals surface area contributed by atoms with E-state index in [-0.39, 0.29) is 0 Å². The summed E-state index contributed by atoms with van der Waals surface area (Å²) in [5, 5.41) is 20.6. The van der Waals surface area contributed by atoms with Gasteiger partial charge in [0.05, 0.1) is 11.7 Å². The molecule has 0 aromatic carbocycles. The van der Waals surface area contributed by atoms with Crippen LogP contribution in [-0.4, -0.2) is 26.9 Å². The van der Waals surface area contributed by atoms with Crippen molar-refractivity contribution in [3.63, 3.8) is 0 Å². The second kappa shape index (κ2) is 5.15. The molecule has 1 atom stereocenters. The summed E-state index contributed by atoms with van der Waals surface area (Å²) >= 11 is 0. The van der Waals surface area contributed by atoms with Crippen LogP contribution in [0, 0.1) is 5.92 Å². The fraction of sp³-hybridized carbons (Fsp3) is 0.643. The van der Waals surface area contributed by atoms with Crippen molar-refractivity contribution in [2.24, 2.45) is 5.92 Å². The molecule has 1 aromatic rings. The van der Waals surface area contributed by atoms with E-state index in [0.29, 0.717) is 25.2 Å². The van der Waals surface area contributed by atoms with Gasteiger partial charge >= 0.3 is 0 Å². The summed E-state index contributed by atoms with van der Waals surface area (Å²) in [6.07, 6.45) is 4.83. The van der Waals surface area contributed by atoms with Crippen molar-refractivity contribution >= 4 is 0 Å². The Morgan fingerprint density at radius 1 is 1.41 bits per heavy atom. The maximum Gasteiger partial charge on any atom is 0.0909 e. The van der Waals surface area contributed by atoms with E-state index in [0.717, 1.165) is 18.5 Å². The average Bonchev–Trinajstić information content (AvgIpc) is 2.34. The SMILES string of the molecule is CC1CCC(O)(C(O)Cc2ccccn2)CC1. The molecule has 1 saturated carbocycles. The fourth-order valence-electron chi connectivity index (χ4n) is 2.50. The lowest BCUT2D eigenvalue weighted by Crippen LogP contribution is -2.46. The third-order valence-corrected chi connectivity index (χ3v) is 3.89. The molecular formula is C14H21NO2. The molecule has 0 spiro atoms. The number of hydrogen-bond acceptors (Lipinski definition) is 3. The molecule has 0 aliphatic heterocycles. The monoisotopic (exact) mass is 235 g/mol. The lowest BCUT2D eigenvalue weighted by molar-refractivity contribution is -0.102. The molecule has 94 valence electrons. The molecule has 0 radical (unpaired) electrons. The highest BCUT2D eigenvalue weighted by atomic mass is 16.3. The molecule has 2 rings (SSSR count). The van der Waals surface area contributed by atoms with Crippen molar-refractivity contribution in [2.75, 3.05) is 0 Å². The zero-order chi connectivity index (χ0) is 12.3. The Kier molecular flexibility index (Phi) is 3.79. The Bertz CT molecular complexity index is 344. The molecule has 3 heteroatoms. The van der Waals surface area contributed by atoms with Crippen LogP contribution in [0.2, 0.25) is 0 Å². The third kappa shape index (κ3) is 3.05. The van der Waals surface area contributed by atoms with E-state index in [2.05, 4.69) is 11.9 Å². The molecular weight excluding hydrogens is 214 g/mol. The number of aromatic nitrogens is 1.